The summed E-state index contributed by atoms with van der Waals surface area (Å²) in [5.41, 5.74) is 5.99. The molecule has 1 aromatic carbocycles. The Bertz CT molecular complexity index is 389. The predicted molar refractivity (Wildman–Crippen MR) is 61.2 cm³/mol. The van der Waals surface area contributed by atoms with Gasteiger partial charge < -0.3 is 10.5 Å². The number of nitrogens with zero attached hydrogens (tertiary/aromatic N) is 1. The van der Waals surface area contributed by atoms with Gasteiger partial charge in [0.1, 0.15) is 6.61 Å². The van der Waals surface area contributed by atoms with Crippen molar-refractivity contribution in [1.29, 1.82) is 0 Å². The Balaban J connectivity index is 2.42. The van der Waals surface area contributed by atoms with Gasteiger partial charge >= 0.3 is 5.97 Å². The third-order valence-electron chi connectivity index (χ3n) is 2.13. The summed E-state index contributed by atoms with van der Waals surface area (Å²) in [6, 6.07) is 5.88. The summed E-state index contributed by atoms with van der Waals surface area (Å²) >= 11 is 0. The molecule has 0 atom stereocenters. The highest BCUT2D eigenvalue weighted by molar-refractivity contribution is 5.69. The quantitative estimate of drug-likeness (QED) is 0.459. The van der Waals surface area contributed by atoms with Gasteiger partial charge in [-0.25, -0.2) is 0 Å². The number of rotatable bonds is 6. The number of hydrogen-bond donors (Lipinski definition) is 1. The average molecular weight is 238 g/mol. The summed E-state index contributed by atoms with van der Waals surface area (Å²) in [5.74, 6) is -0.311. The third kappa shape index (κ3) is 4.60. The van der Waals surface area contributed by atoms with Gasteiger partial charge in [0, 0.05) is 18.6 Å². The maximum absolute atomic E-state index is 11.2. The molecule has 0 unspecified atom stereocenters. The minimum atomic E-state index is -0.475. The van der Waals surface area contributed by atoms with E-state index >= 15 is 0 Å². The predicted octanol–water partition coefficient (Wildman–Crippen LogP) is 1.38. The summed E-state index contributed by atoms with van der Waals surface area (Å²) in [6.45, 7) is 0.577. The molecule has 0 aromatic heterocycles. The number of benzene rings is 1. The molecule has 2 N–H and O–H groups in total. The van der Waals surface area contributed by atoms with Crippen LogP contribution in [-0.4, -0.2) is 17.4 Å². The monoisotopic (exact) mass is 238 g/mol. The zero-order valence-electron chi connectivity index (χ0n) is 9.30. The molecule has 6 nitrogen and oxygen atoms in total. The molecule has 1 rings (SSSR count). The molecule has 0 aliphatic rings. The first kappa shape index (κ1) is 13.1. The second kappa shape index (κ2) is 6.59. The van der Waals surface area contributed by atoms with Crippen molar-refractivity contribution in [3.05, 3.63) is 39.9 Å². The van der Waals surface area contributed by atoms with E-state index < -0.39 is 4.92 Å². The summed E-state index contributed by atoms with van der Waals surface area (Å²) in [5, 5.41) is 10.4. The molecule has 0 saturated carbocycles. The van der Waals surface area contributed by atoms with Crippen molar-refractivity contribution in [2.45, 2.75) is 19.4 Å². The van der Waals surface area contributed by atoms with Crippen LogP contribution in [0.25, 0.3) is 0 Å². The second-order valence-electron chi connectivity index (χ2n) is 3.48. The largest absolute Gasteiger partial charge is 0.461 e. The van der Waals surface area contributed by atoms with E-state index in [1.165, 1.54) is 12.1 Å². The number of carbonyl (C=O) groups excluding carboxylic acids is 1. The lowest BCUT2D eigenvalue weighted by molar-refractivity contribution is -0.384. The van der Waals surface area contributed by atoms with Crippen LogP contribution in [0, 0.1) is 10.1 Å². The highest BCUT2D eigenvalue weighted by Crippen LogP contribution is 2.12. The van der Waals surface area contributed by atoms with Gasteiger partial charge in [-0.15, -0.1) is 0 Å². The van der Waals surface area contributed by atoms with Gasteiger partial charge in [0.15, 0.2) is 0 Å². The van der Waals surface area contributed by atoms with Gasteiger partial charge in [-0.05, 0) is 30.7 Å². The number of esters is 1. The fourth-order valence-electron chi connectivity index (χ4n) is 1.20. The standard InChI is InChI=1S/C11H14N2O4/c12-7-1-2-11(14)17-8-9-3-5-10(6-4-9)13(15)16/h3-6H,1-2,7-8,12H2. The molecule has 0 heterocycles. The van der Waals surface area contributed by atoms with Crippen LogP contribution in [0.15, 0.2) is 24.3 Å². The minimum absolute atomic E-state index is 0.0169. The number of hydrogen-bond acceptors (Lipinski definition) is 5. The lowest BCUT2D eigenvalue weighted by Crippen LogP contribution is -2.08. The van der Waals surface area contributed by atoms with E-state index in [2.05, 4.69) is 0 Å². The Morgan fingerprint density at radius 3 is 2.53 bits per heavy atom. The normalized spacial score (nSPS) is 9.94. The van der Waals surface area contributed by atoms with Gasteiger partial charge in [0.25, 0.3) is 5.69 Å². The molecule has 0 fully saturated rings. The number of non-ortho nitro benzene ring substituents is 1. The van der Waals surface area contributed by atoms with Crippen LogP contribution in [-0.2, 0) is 16.1 Å². The molecule has 0 spiro atoms. The molecule has 0 bridgehead atoms. The van der Waals surface area contributed by atoms with Crippen LogP contribution in [0.5, 0.6) is 0 Å². The molecule has 0 radical (unpaired) electrons. The molecule has 0 saturated heterocycles. The first-order valence-corrected chi connectivity index (χ1v) is 5.22. The van der Waals surface area contributed by atoms with Crippen molar-refractivity contribution >= 4 is 11.7 Å². The van der Waals surface area contributed by atoms with Gasteiger partial charge in [-0.2, -0.15) is 0 Å². The Morgan fingerprint density at radius 1 is 1.35 bits per heavy atom. The number of nitro benzene ring substituents is 1. The smallest absolute Gasteiger partial charge is 0.306 e. The Labute approximate surface area is 98.5 Å². The van der Waals surface area contributed by atoms with Crippen molar-refractivity contribution in [3.8, 4) is 0 Å². The molecular weight excluding hydrogens is 224 g/mol. The molecule has 1 aromatic rings. The van der Waals surface area contributed by atoms with Crippen LogP contribution < -0.4 is 5.73 Å². The first-order chi connectivity index (χ1) is 8.13. The summed E-state index contributed by atoms with van der Waals surface area (Å²) < 4.78 is 4.97. The molecular formula is C11H14N2O4. The van der Waals surface area contributed by atoms with E-state index in [0.29, 0.717) is 19.4 Å². The summed E-state index contributed by atoms with van der Waals surface area (Å²) in [4.78, 5) is 21.1. The fraction of sp³-hybridized carbons (Fsp3) is 0.364. The van der Waals surface area contributed by atoms with Crippen LogP contribution in [0.1, 0.15) is 18.4 Å². The summed E-state index contributed by atoms with van der Waals surface area (Å²) in [6.07, 6.45) is 0.891. The Morgan fingerprint density at radius 2 is 2.00 bits per heavy atom. The van der Waals surface area contributed by atoms with Gasteiger partial charge in [-0.3, -0.25) is 14.9 Å². The lowest BCUT2D eigenvalue weighted by atomic mass is 10.2. The van der Waals surface area contributed by atoms with E-state index in [9.17, 15) is 14.9 Å². The van der Waals surface area contributed by atoms with Crippen molar-refractivity contribution < 1.29 is 14.5 Å². The van der Waals surface area contributed by atoms with Crippen LogP contribution >= 0.6 is 0 Å². The molecule has 0 aliphatic heterocycles. The maximum Gasteiger partial charge on any atom is 0.306 e. The number of carbonyl (C=O) groups is 1. The molecule has 0 aliphatic carbocycles. The Kier molecular flexibility index (Phi) is 5.09. The SMILES string of the molecule is NCCCC(=O)OCc1ccc([N+](=O)[O-])cc1. The first-order valence-electron chi connectivity index (χ1n) is 5.22. The van der Waals surface area contributed by atoms with Crippen LogP contribution in [0.2, 0.25) is 0 Å². The van der Waals surface area contributed by atoms with Crippen LogP contribution in [0.3, 0.4) is 0 Å². The molecule has 17 heavy (non-hydrogen) atoms. The lowest BCUT2D eigenvalue weighted by Gasteiger charge is -2.04. The number of ether oxygens (including phenoxy) is 1. The highest BCUT2D eigenvalue weighted by atomic mass is 16.6. The highest BCUT2D eigenvalue weighted by Gasteiger charge is 2.06. The van der Waals surface area contributed by atoms with Crippen LogP contribution in [0.4, 0.5) is 5.69 Å². The minimum Gasteiger partial charge on any atom is -0.461 e. The van der Waals surface area contributed by atoms with E-state index in [1.54, 1.807) is 12.1 Å². The number of nitro groups is 1. The molecule has 0 amide bonds. The number of nitrogens with two attached hydrogens (primary N) is 1. The van der Waals surface area contributed by atoms with E-state index in [1.807, 2.05) is 0 Å². The summed E-state index contributed by atoms with van der Waals surface area (Å²) in [7, 11) is 0. The van der Waals surface area contributed by atoms with Crippen molar-refractivity contribution in [3.63, 3.8) is 0 Å². The Hall–Kier alpha value is -1.95. The van der Waals surface area contributed by atoms with Gasteiger partial charge in [-0.1, -0.05) is 0 Å². The zero-order valence-corrected chi connectivity index (χ0v) is 9.30. The van der Waals surface area contributed by atoms with Crippen molar-refractivity contribution in [2.75, 3.05) is 6.54 Å². The van der Waals surface area contributed by atoms with Gasteiger partial charge in [0.2, 0.25) is 0 Å². The molecule has 92 valence electrons. The fourth-order valence-corrected chi connectivity index (χ4v) is 1.20. The topological polar surface area (TPSA) is 95.5 Å². The van der Waals surface area contributed by atoms with E-state index in [4.69, 9.17) is 10.5 Å². The van der Waals surface area contributed by atoms with E-state index in [0.717, 1.165) is 5.56 Å². The maximum atomic E-state index is 11.2. The average Bonchev–Trinajstić information content (AvgIpc) is 2.34. The third-order valence-corrected chi connectivity index (χ3v) is 2.13. The van der Waals surface area contributed by atoms with E-state index in [-0.39, 0.29) is 18.3 Å². The zero-order chi connectivity index (χ0) is 12.7. The molecule has 6 heteroatoms. The van der Waals surface area contributed by atoms with Crippen molar-refractivity contribution in [1.82, 2.24) is 0 Å². The second-order valence-corrected chi connectivity index (χ2v) is 3.48. The van der Waals surface area contributed by atoms with Gasteiger partial charge in [0.05, 0.1) is 4.92 Å². The van der Waals surface area contributed by atoms with Crippen molar-refractivity contribution in [2.24, 2.45) is 5.73 Å².